The maximum Gasteiger partial charge on any atom is 0.127 e. The molecule has 1 N–H and O–H groups in total. The Morgan fingerprint density at radius 2 is 2.15 bits per heavy atom. The topological polar surface area (TPSA) is 21.3 Å². The van der Waals surface area contributed by atoms with Crippen molar-refractivity contribution in [2.75, 3.05) is 14.2 Å². The zero-order chi connectivity index (χ0) is 9.84. The quantitative estimate of drug-likeness (QED) is 0.807. The predicted octanol–water partition coefficient (Wildman–Crippen LogP) is 2.38. The number of benzene rings is 1. The van der Waals surface area contributed by atoms with Crippen LogP contribution in [0.1, 0.15) is 11.1 Å². The van der Waals surface area contributed by atoms with Gasteiger partial charge in [-0.3, -0.25) is 0 Å². The monoisotopic (exact) mass is 199 g/mol. The number of methoxy groups -OCH3 is 1. The first-order valence-electron chi connectivity index (χ1n) is 4.17. The highest BCUT2D eigenvalue weighted by Gasteiger charge is 2.09. The number of hydrogen-bond donors (Lipinski definition) is 1. The average Bonchev–Trinajstić information content (AvgIpc) is 2.12. The van der Waals surface area contributed by atoms with E-state index in [1.807, 2.05) is 26.1 Å². The lowest BCUT2D eigenvalue weighted by atomic mass is 10.1. The molecule has 0 aliphatic heterocycles. The Morgan fingerprint density at radius 1 is 1.46 bits per heavy atom. The molecule has 0 atom stereocenters. The molecule has 0 aliphatic rings. The SMILES string of the molecule is CNCc1c(Cl)ccc(C)c1OC. The Bertz CT molecular complexity index is 299. The summed E-state index contributed by atoms with van der Waals surface area (Å²) in [5.41, 5.74) is 2.13. The second-order valence-electron chi connectivity index (χ2n) is 2.91. The first-order chi connectivity index (χ1) is 6.20. The molecule has 72 valence electrons. The van der Waals surface area contributed by atoms with E-state index in [9.17, 15) is 0 Å². The zero-order valence-corrected chi connectivity index (χ0v) is 8.90. The van der Waals surface area contributed by atoms with Crippen LogP contribution in [-0.2, 0) is 6.54 Å². The van der Waals surface area contributed by atoms with Gasteiger partial charge in [-0.15, -0.1) is 0 Å². The van der Waals surface area contributed by atoms with Gasteiger partial charge in [0.05, 0.1) is 7.11 Å². The van der Waals surface area contributed by atoms with Crippen molar-refractivity contribution in [1.82, 2.24) is 5.32 Å². The van der Waals surface area contributed by atoms with E-state index in [0.717, 1.165) is 28.4 Å². The average molecular weight is 200 g/mol. The lowest BCUT2D eigenvalue weighted by molar-refractivity contribution is 0.405. The Morgan fingerprint density at radius 3 is 2.69 bits per heavy atom. The van der Waals surface area contributed by atoms with E-state index in [4.69, 9.17) is 16.3 Å². The molecule has 0 bridgehead atoms. The predicted molar refractivity (Wildman–Crippen MR) is 55.5 cm³/mol. The molecule has 1 aromatic rings. The van der Waals surface area contributed by atoms with Gasteiger partial charge in [0, 0.05) is 17.1 Å². The molecule has 0 saturated carbocycles. The summed E-state index contributed by atoms with van der Waals surface area (Å²) >= 11 is 6.04. The summed E-state index contributed by atoms with van der Waals surface area (Å²) in [5.74, 6) is 0.877. The molecule has 0 aromatic heterocycles. The Hall–Kier alpha value is -0.730. The summed E-state index contributed by atoms with van der Waals surface area (Å²) in [4.78, 5) is 0. The molecule has 13 heavy (non-hydrogen) atoms. The highest BCUT2D eigenvalue weighted by molar-refractivity contribution is 6.31. The number of ether oxygens (including phenoxy) is 1. The fourth-order valence-corrected chi connectivity index (χ4v) is 1.56. The molecule has 0 heterocycles. The Balaban J connectivity index is 3.18. The van der Waals surface area contributed by atoms with E-state index in [1.165, 1.54) is 0 Å². The fourth-order valence-electron chi connectivity index (χ4n) is 1.35. The van der Waals surface area contributed by atoms with E-state index in [2.05, 4.69) is 5.32 Å². The smallest absolute Gasteiger partial charge is 0.127 e. The van der Waals surface area contributed by atoms with Crippen molar-refractivity contribution in [2.24, 2.45) is 0 Å². The van der Waals surface area contributed by atoms with Crippen LogP contribution in [0, 0.1) is 6.92 Å². The number of aryl methyl sites for hydroxylation is 1. The van der Waals surface area contributed by atoms with Gasteiger partial charge in [0.1, 0.15) is 5.75 Å². The van der Waals surface area contributed by atoms with Crippen LogP contribution >= 0.6 is 11.6 Å². The first kappa shape index (κ1) is 10.4. The maximum atomic E-state index is 6.04. The molecule has 3 heteroatoms. The summed E-state index contributed by atoms with van der Waals surface area (Å²) in [6.45, 7) is 2.73. The van der Waals surface area contributed by atoms with Crippen LogP contribution in [0.4, 0.5) is 0 Å². The highest BCUT2D eigenvalue weighted by Crippen LogP contribution is 2.29. The summed E-state index contributed by atoms with van der Waals surface area (Å²) in [6.07, 6.45) is 0. The summed E-state index contributed by atoms with van der Waals surface area (Å²) in [5, 5.41) is 3.81. The van der Waals surface area contributed by atoms with E-state index < -0.39 is 0 Å². The largest absolute Gasteiger partial charge is 0.496 e. The van der Waals surface area contributed by atoms with Gasteiger partial charge < -0.3 is 10.1 Å². The minimum absolute atomic E-state index is 0.726. The van der Waals surface area contributed by atoms with Crippen LogP contribution < -0.4 is 10.1 Å². The lowest BCUT2D eigenvalue weighted by Crippen LogP contribution is -2.08. The minimum atomic E-state index is 0.726. The van der Waals surface area contributed by atoms with E-state index in [1.54, 1.807) is 7.11 Å². The molecule has 0 spiro atoms. The van der Waals surface area contributed by atoms with Gasteiger partial charge >= 0.3 is 0 Å². The van der Waals surface area contributed by atoms with Gasteiger partial charge in [0.15, 0.2) is 0 Å². The molecule has 0 radical (unpaired) electrons. The number of halogens is 1. The van der Waals surface area contributed by atoms with Crippen molar-refractivity contribution in [1.29, 1.82) is 0 Å². The number of hydrogen-bond acceptors (Lipinski definition) is 2. The first-order valence-corrected chi connectivity index (χ1v) is 4.55. The molecule has 0 unspecified atom stereocenters. The number of nitrogens with one attached hydrogen (secondary N) is 1. The summed E-state index contributed by atoms with van der Waals surface area (Å²) in [7, 11) is 3.55. The molecule has 0 amide bonds. The third kappa shape index (κ3) is 2.14. The van der Waals surface area contributed by atoms with Gasteiger partial charge in [0.25, 0.3) is 0 Å². The molecule has 2 nitrogen and oxygen atoms in total. The fraction of sp³-hybridized carbons (Fsp3) is 0.400. The van der Waals surface area contributed by atoms with Crippen molar-refractivity contribution < 1.29 is 4.74 Å². The van der Waals surface area contributed by atoms with Crippen LogP contribution in [-0.4, -0.2) is 14.2 Å². The van der Waals surface area contributed by atoms with Gasteiger partial charge in [-0.1, -0.05) is 17.7 Å². The molecule has 0 fully saturated rings. The standard InChI is InChI=1S/C10H14ClNO/c1-7-4-5-9(11)8(6-12-2)10(7)13-3/h4-5,12H,6H2,1-3H3. The van der Waals surface area contributed by atoms with Crippen molar-refractivity contribution in [3.63, 3.8) is 0 Å². The molecule has 1 aromatic carbocycles. The molecule has 0 aliphatic carbocycles. The summed E-state index contributed by atoms with van der Waals surface area (Å²) in [6, 6.07) is 3.85. The normalized spacial score (nSPS) is 10.2. The third-order valence-electron chi connectivity index (χ3n) is 1.96. The number of rotatable bonds is 3. The van der Waals surface area contributed by atoms with Crippen LogP contribution in [0.5, 0.6) is 5.75 Å². The van der Waals surface area contributed by atoms with Crippen LogP contribution in [0.15, 0.2) is 12.1 Å². The minimum Gasteiger partial charge on any atom is -0.496 e. The Labute approximate surface area is 83.9 Å². The van der Waals surface area contributed by atoms with Crippen molar-refractivity contribution in [3.05, 3.63) is 28.3 Å². The van der Waals surface area contributed by atoms with Gasteiger partial charge in [-0.25, -0.2) is 0 Å². The van der Waals surface area contributed by atoms with E-state index in [-0.39, 0.29) is 0 Å². The van der Waals surface area contributed by atoms with Crippen LogP contribution in [0.2, 0.25) is 5.02 Å². The highest BCUT2D eigenvalue weighted by atomic mass is 35.5. The molecular formula is C10H14ClNO. The lowest BCUT2D eigenvalue weighted by Gasteiger charge is -2.12. The third-order valence-corrected chi connectivity index (χ3v) is 2.31. The van der Waals surface area contributed by atoms with Crippen molar-refractivity contribution >= 4 is 11.6 Å². The van der Waals surface area contributed by atoms with Crippen LogP contribution in [0.25, 0.3) is 0 Å². The molecule has 1 rings (SSSR count). The van der Waals surface area contributed by atoms with Gasteiger partial charge in [-0.2, -0.15) is 0 Å². The second-order valence-corrected chi connectivity index (χ2v) is 3.31. The van der Waals surface area contributed by atoms with Crippen LogP contribution in [0.3, 0.4) is 0 Å². The van der Waals surface area contributed by atoms with Gasteiger partial charge in [0.2, 0.25) is 0 Å². The Kier molecular flexibility index (Phi) is 3.58. The van der Waals surface area contributed by atoms with Crippen molar-refractivity contribution in [3.8, 4) is 5.75 Å². The second kappa shape index (κ2) is 4.49. The maximum absolute atomic E-state index is 6.04. The van der Waals surface area contributed by atoms with E-state index >= 15 is 0 Å². The molecule has 0 saturated heterocycles. The van der Waals surface area contributed by atoms with Gasteiger partial charge in [-0.05, 0) is 25.6 Å². The van der Waals surface area contributed by atoms with E-state index in [0.29, 0.717) is 0 Å². The zero-order valence-electron chi connectivity index (χ0n) is 8.15. The summed E-state index contributed by atoms with van der Waals surface area (Å²) < 4.78 is 5.29. The van der Waals surface area contributed by atoms with Crippen molar-refractivity contribution in [2.45, 2.75) is 13.5 Å². The molecular weight excluding hydrogens is 186 g/mol.